The fourth-order valence-corrected chi connectivity index (χ4v) is 0.878. The van der Waals surface area contributed by atoms with Crippen molar-refractivity contribution in [3.8, 4) is 0 Å². The zero-order valence-electron chi connectivity index (χ0n) is 6.29. The summed E-state index contributed by atoms with van der Waals surface area (Å²) in [5.74, 6) is 0. The lowest BCUT2D eigenvalue weighted by Crippen LogP contribution is -1.95. The zero-order chi connectivity index (χ0) is 8.97. The molecule has 4 heteroatoms. The van der Waals surface area contributed by atoms with Gasteiger partial charge in [0.25, 0.3) is 0 Å². The molecule has 0 aliphatic heterocycles. The maximum Gasteiger partial charge on any atom is 0.404 e. The minimum Gasteiger partial charge on any atom is -0.449 e. The average molecular weight is 186 g/mol. The number of rotatable bonds is 2. The highest BCUT2D eigenvalue weighted by molar-refractivity contribution is 6.61. The van der Waals surface area contributed by atoms with Crippen molar-refractivity contribution in [2.75, 3.05) is 5.73 Å². The highest BCUT2D eigenvalue weighted by Gasteiger charge is 1.97. The van der Waals surface area contributed by atoms with Crippen molar-refractivity contribution in [1.29, 1.82) is 0 Å². The topological polar surface area (TPSA) is 52.3 Å². The number of benzene rings is 1. The van der Waals surface area contributed by atoms with Crippen molar-refractivity contribution in [2.45, 2.75) is 6.61 Å². The molecule has 0 radical (unpaired) electrons. The van der Waals surface area contributed by atoms with E-state index in [0.717, 1.165) is 5.56 Å². The number of hydrogen-bond donors (Lipinski definition) is 1. The second-order valence-electron chi connectivity index (χ2n) is 2.27. The second kappa shape index (κ2) is 3.97. The van der Waals surface area contributed by atoms with Gasteiger partial charge in [-0.1, -0.05) is 12.1 Å². The van der Waals surface area contributed by atoms with Crippen LogP contribution in [0.2, 0.25) is 0 Å². The van der Waals surface area contributed by atoms with Crippen molar-refractivity contribution < 1.29 is 9.53 Å². The highest BCUT2D eigenvalue weighted by Crippen LogP contribution is 2.08. The van der Waals surface area contributed by atoms with Crippen LogP contribution in [0.3, 0.4) is 0 Å². The van der Waals surface area contributed by atoms with Crippen LogP contribution >= 0.6 is 11.6 Å². The van der Waals surface area contributed by atoms with Crippen molar-refractivity contribution >= 4 is 22.7 Å². The first-order valence-corrected chi connectivity index (χ1v) is 3.73. The van der Waals surface area contributed by atoms with Gasteiger partial charge in [-0.2, -0.15) is 0 Å². The van der Waals surface area contributed by atoms with Gasteiger partial charge in [0.2, 0.25) is 0 Å². The smallest absolute Gasteiger partial charge is 0.404 e. The van der Waals surface area contributed by atoms with Crippen molar-refractivity contribution in [3.05, 3.63) is 29.8 Å². The molecule has 2 N–H and O–H groups in total. The van der Waals surface area contributed by atoms with E-state index >= 15 is 0 Å². The van der Waals surface area contributed by atoms with E-state index < -0.39 is 5.43 Å². The van der Waals surface area contributed by atoms with Gasteiger partial charge in [-0.05, 0) is 17.7 Å². The first-order chi connectivity index (χ1) is 5.68. The van der Waals surface area contributed by atoms with Gasteiger partial charge in [0.05, 0.1) is 0 Å². The van der Waals surface area contributed by atoms with Crippen LogP contribution in [0, 0.1) is 0 Å². The Bertz CT molecular complexity index is 288. The van der Waals surface area contributed by atoms with Crippen LogP contribution < -0.4 is 5.73 Å². The summed E-state index contributed by atoms with van der Waals surface area (Å²) >= 11 is 4.98. The summed E-state index contributed by atoms with van der Waals surface area (Å²) in [5.41, 5.74) is 6.14. The van der Waals surface area contributed by atoms with Crippen LogP contribution in [0.4, 0.5) is 10.5 Å². The maximum absolute atomic E-state index is 10.2. The van der Waals surface area contributed by atoms with Crippen molar-refractivity contribution in [2.24, 2.45) is 0 Å². The summed E-state index contributed by atoms with van der Waals surface area (Å²) in [7, 11) is 0. The molecule has 12 heavy (non-hydrogen) atoms. The molecule has 0 unspecified atom stereocenters. The van der Waals surface area contributed by atoms with Gasteiger partial charge in [0.15, 0.2) is 0 Å². The van der Waals surface area contributed by atoms with E-state index in [1.165, 1.54) is 0 Å². The third kappa shape index (κ3) is 2.80. The largest absolute Gasteiger partial charge is 0.449 e. The molecule has 0 aliphatic rings. The van der Waals surface area contributed by atoms with Gasteiger partial charge >= 0.3 is 5.43 Å². The van der Waals surface area contributed by atoms with E-state index in [2.05, 4.69) is 4.74 Å². The number of halogens is 1. The quantitative estimate of drug-likeness (QED) is 0.567. The van der Waals surface area contributed by atoms with Gasteiger partial charge in [0, 0.05) is 17.3 Å². The number of carbonyl (C=O) groups excluding carboxylic acids is 1. The molecule has 3 nitrogen and oxygen atoms in total. The first kappa shape index (κ1) is 8.87. The van der Waals surface area contributed by atoms with Crippen molar-refractivity contribution in [3.63, 3.8) is 0 Å². The standard InChI is InChI=1S/C8H8ClNO2/c9-8(11)12-5-6-2-1-3-7(10)4-6/h1-4H,5,10H2. The molecule has 0 aliphatic carbocycles. The molecule has 0 fully saturated rings. The van der Waals surface area contributed by atoms with Gasteiger partial charge in [-0.3, -0.25) is 0 Å². The van der Waals surface area contributed by atoms with Gasteiger partial charge in [0.1, 0.15) is 6.61 Å². The number of nitrogens with two attached hydrogens (primary N) is 1. The van der Waals surface area contributed by atoms with E-state index in [9.17, 15) is 4.79 Å². The maximum atomic E-state index is 10.2. The molecule has 0 saturated heterocycles. The molecule has 0 aromatic heterocycles. The number of ether oxygens (including phenoxy) is 1. The van der Waals surface area contributed by atoms with Crippen LogP contribution in [0.5, 0.6) is 0 Å². The Morgan fingerprint density at radius 3 is 2.92 bits per heavy atom. The highest BCUT2D eigenvalue weighted by atomic mass is 35.5. The summed E-state index contributed by atoms with van der Waals surface area (Å²) in [4.78, 5) is 10.2. The summed E-state index contributed by atoms with van der Waals surface area (Å²) in [6, 6.07) is 7.06. The molecular weight excluding hydrogens is 178 g/mol. The SMILES string of the molecule is Nc1cccc(COC(=O)Cl)c1. The summed E-state index contributed by atoms with van der Waals surface area (Å²) in [5, 5.41) is 0. The van der Waals surface area contributed by atoms with Crippen LogP contribution in [0.1, 0.15) is 5.56 Å². The minimum atomic E-state index is -0.808. The summed E-state index contributed by atoms with van der Waals surface area (Å²) in [6.07, 6.45) is 0. The third-order valence-electron chi connectivity index (χ3n) is 1.30. The molecule has 0 heterocycles. The Balaban J connectivity index is 2.57. The Hall–Kier alpha value is -1.22. The Morgan fingerprint density at radius 1 is 1.58 bits per heavy atom. The summed E-state index contributed by atoms with van der Waals surface area (Å²) < 4.78 is 4.55. The zero-order valence-corrected chi connectivity index (χ0v) is 7.04. The molecule has 64 valence electrons. The monoisotopic (exact) mass is 185 g/mol. The van der Waals surface area contributed by atoms with Crippen LogP contribution in [0.25, 0.3) is 0 Å². The molecule has 0 spiro atoms. The summed E-state index contributed by atoms with van der Waals surface area (Å²) in [6.45, 7) is 0.160. The predicted octanol–water partition coefficient (Wildman–Crippen LogP) is 2.14. The van der Waals surface area contributed by atoms with E-state index in [1.807, 2.05) is 0 Å². The molecule has 0 amide bonds. The van der Waals surface area contributed by atoms with Crippen LogP contribution in [-0.2, 0) is 11.3 Å². The lowest BCUT2D eigenvalue weighted by molar-refractivity contribution is 0.167. The van der Waals surface area contributed by atoms with Crippen LogP contribution in [-0.4, -0.2) is 5.43 Å². The minimum absolute atomic E-state index is 0.160. The lowest BCUT2D eigenvalue weighted by atomic mass is 10.2. The molecule has 1 aromatic rings. The Labute approximate surface area is 75.1 Å². The fraction of sp³-hybridized carbons (Fsp3) is 0.125. The van der Waals surface area contributed by atoms with E-state index in [1.54, 1.807) is 24.3 Å². The second-order valence-corrected chi connectivity index (χ2v) is 2.58. The van der Waals surface area contributed by atoms with Gasteiger partial charge in [-0.25, -0.2) is 4.79 Å². The molecule has 1 rings (SSSR count). The van der Waals surface area contributed by atoms with Crippen molar-refractivity contribution in [1.82, 2.24) is 0 Å². The Kier molecular flexibility index (Phi) is 2.94. The normalized spacial score (nSPS) is 9.42. The Morgan fingerprint density at radius 2 is 2.33 bits per heavy atom. The average Bonchev–Trinajstić information content (AvgIpc) is 2.01. The fourth-order valence-electron chi connectivity index (χ4n) is 0.823. The van der Waals surface area contributed by atoms with Gasteiger partial charge < -0.3 is 10.5 Å². The van der Waals surface area contributed by atoms with E-state index in [0.29, 0.717) is 5.69 Å². The molecule has 0 bridgehead atoms. The third-order valence-corrected chi connectivity index (χ3v) is 1.41. The number of carbonyl (C=O) groups is 1. The molecule has 1 aromatic carbocycles. The van der Waals surface area contributed by atoms with Crippen LogP contribution in [0.15, 0.2) is 24.3 Å². The van der Waals surface area contributed by atoms with E-state index in [4.69, 9.17) is 17.3 Å². The lowest BCUT2D eigenvalue weighted by Gasteiger charge is -2.00. The van der Waals surface area contributed by atoms with Gasteiger partial charge in [-0.15, -0.1) is 0 Å². The number of nitrogen functional groups attached to an aromatic ring is 1. The first-order valence-electron chi connectivity index (χ1n) is 3.35. The molecular formula is C8H8ClNO2. The number of hydrogen-bond acceptors (Lipinski definition) is 3. The van der Waals surface area contributed by atoms with E-state index in [-0.39, 0.29) is 6.61 Å². The number of anilines is 1. The molecule has 0 atom stereocenters. The molecule has 0 saturated carbocycles. The predicted molar refractivity (Wildman–Crippen MR) is 46.9 cm³/mol.